The Bertz CT molecular complexity index is 276. The first-order valence-corrected chi connectivity index (χ1v) is 7.68. The Hall–Kier alpha value is -0.330. The zero-order chi connectivity index (χ0) is 20.8. The minimum absolute atomic E-state index is 0. The predicted octanol–water partition coefficient (Wildman–Crippen LogP) is 3.77. The molecule has 0 radical (unpaired) electrons. The molecule has 0 bridgehead atoms. The van der Waals surface area contributed by atoms with Gasteiger partial charge in [-0.2, -0.15) is 0 Å². The molecule has 0 saturated heterocycles. The van der Waals surface area contributed by atoms with E-state index in [1.165, 1.54) is 24.3 Å². The van der Waals surface area contributed by atoms with Gasteiger partial charge in [-0.1, -0.05) is 24.3 Å². The van der Waals surface area contributed by atoms with Crippen molar-refractivity contribution in [2.24, 2.45) is 0 Å². The molecular weight excluding hydrogens is 483 g/mol. The first-order valence-electron chi connectivity index (χ1n) is 7.68. The largest absolute Gasteiger partial charge is 0.386 e. The van der Waals surface area contributed by atoms with Gasteiger partial charge in [0, 0.05) is 25.8 Å². The van der Waals surface area contributed by atoms with Crippen LogP contribution in [0, 0.1) is 0 Å². The van der Waals surface area contributed by atoms with Gasteiger partial charge < -0.3 is 20.4 Å². The molecule has 0 aromatic heterocycles. The van der Waals surface area contributed by atoms with E-state index < -0.39 is 22.4 Å². The molecule has 0 saturated carbocycles. The Morgan fingerprint density at radius 1 is 0.440 bits per heavy atom. The number of hydrogen-bond acceptors (Lipinski definition) is 4. The van der Waals surface area contributed by atoms with Gasteiger partial charge in [0.15, 0.2) is 0 Å². The Morgan fingerprint density at radius 2 is 0.480 bits per heavy atom. The fourth-order valence-electron chi connectivity index (χ4n) is 0. The van der Waals surface area contributed by atoms with Crippen LogP contribution in [-0.2, 0) is 25.8 Å². The van der Waals surface area contributed by atoms with E-state index in [4.69, 9.17) is 20.4 Å². The van der Waals surface area contributed by atoms with E-state index in [0.29, 0.717) is 0 Å². The van der Waals surface area contributed by atoms with Crippen molar-refractivity contribution in [2.45, 2.75) is 77.8 Å². The maximum absolute atomic E-state index is 8.71. The van der Waals surface area contributed by atoms with Gasteiger partial charge >= 0.3 is 0 Å². The molecule has 0 fully saturated rings. The molecule has 0 atom stereocenters. The molecule has 0 rings (SSSR count). The fourth-order valence-corrected chi connectivity index (χ4v) is 0. The minimum Gasteiger partial charge on any atom is -0.386 e. The summed E-state index contributed by atoms with van der Waals surface area (Å²) >= 11 is 0. The summed E-state index contributed by atoms with van der Waals surface area (Å²) in [5, 5.41) is 34.8. The third kappa shape index (κ3) is 81.6. The van der Waals surface area contributed by atoms with E-state index in [1.54, 1.807) is 55.4 Å². The van der Waals surface area contributed by atoms with Crippen LogP contribution in [0.4, 0.5) is 0 Å². The first kappa shape index (κ1) is 35.7. The van der Waals surface area contributed by atoms with Crippen molar-refractivity contribution >= 4 is 0 Å². The van der Waals surface area contributed by atoms with Crippen molar-refractivity contribution in [3.05, 3.63) is 50.6 Å². The van der Waals surface area contributed by atoms with Crippen LogP contribution in [0.25, 0.3) is 0 Å². The third-order valence-corrected chi connectivity index (χ3v) is 2.00. The Kier molecular flexibility index (Phi) is 22.7. The average molecular weight is 523 g/mol. The molecule has 0 aromatic carbocycles. The van der Waals surface area contributed by atoms with Crippen LogP contribution in [0.15, 0.2) is 50.6 Å². The molecule has 5 heteroatoms. The molecule has 0 aliphatic carbocycles. The number of hydrogen-bond donors (Lipinski definition) is 4. The monoisotopic (exact) mass is 524 g/mol. The van der Waals surface area contributed by atoms with Gasteiger partial charge in [0.2, 0.25) is 0 Å². The first-order chi connectivity index (χ1) is 10.2. The second kappa shape index (κ2) is 15.9. The molecule has 0 aliphatic heterocycles. The van der Waals surface area contributed by atoms with Crippen molar-refractivity contribution in [3.8, 4) is 0 Å². The predicted molar refractivity (Wildman–Crippen MR) is 106 cm³/mol. The van der Waals surface area contributed by atoms with Gasteiger partial charge in [-0.3, -0.25) is 0 Å². The average Bonchev–Trinajstić information content (AvgIpc) is 2.37. The molecule has 25 heavy (non-hydrogen) atoms. The molecule has 0 aliphatic rings. The Balaban J connectivity index is -0.0000000702. The van der Waals surface area contributed by atoms with Crippen LogP contribution >= 0.6 is 0 Å². The normalized spacial score (nSPS) is 10.7. The van der Waals surface area contributed by atoms with Crippen LogP contribution in [0.1, 0.15) is 55.4 Å². The van der Waals surface area contributed by atoms with Gasteiger partial charge in [0.05, 0.1) is 22.4 Å². The second-order valence-corrected chi connectivity index (χ2v) is 7.43. The summed E-state index contributed by atoms with van der Waals surface area (Å²) in [7, 11) is 0. The molecule has 0 unspecified atom stereocenters. The molecule has 0 aromatic rings. The maximum atomic E-state index is 8.71. The van der Waals surface area contributed by atoms with E-state index in [2.05, 4.69) is 26.3 Å². The van der Waals surface area contributed by atoms with E-state index in [0.717, 1.165) is 0 Å². The van der Waals surface area contributed by atoms with Gasteiger partial charge in [-0.25, -0.2) is 0 Å². The number of aliphatic hydroxyl groups is 4. The number of rotatable bonds is 4. The van der Waals surface area contributed by atoms with Crippen LogP contribution in [0.3, 0.4) is 0 Å². The smallest absolute Gasteiger partial charge is 0.0769 e. The summed E-state index contributed by atoms with van der Waals surface area (Å²) in [5.41, 5.74) is -2.78. The molecule has 0 heterocycles. The van der Waals surface area contributed by atoms with Crippen molar-refractivity contribution < 1.29 is 46.3 Å². The van der Waals surface area contributed by atoms with Crippen molar-refractivity contribution in [1.82, 2.24) is 0 Å². The molecule has 4 N–H and O–H groups in total. The fraction of sp³-hybridized carbons (Fsp3) is 0.600. The molecular formula is C20H40HfO4. The summed E-state index contributed by atoms with van der Waals surface area (Å²) in [6.07, 6.45) is 5.97. The van der Waals surface area contributed by atoms with Gasteiger partial charge in [0.1, 0.15) is 0 Å². The standard InChI is InChI=1S/4C5H10O.Hf/c4*1-4-5(2,3)6;/h4*4,6H,1H2,2-3H3;. The summed E-state index contributed by atoms with van der Waals surface area (Å²) in [6, 6.07) is 0. The van der Waals surface area contributed by atoms with E-state index in [9.17, 15) is 0 Å². The third-order valence-electron chi connectivity index (χ3n) is 2.00. The van der Waals surface area contributed by atoms with Gasteiger partial charge in [0.25, 0.3) is 0 Å². The molecule has 148 valence electrons. The van der Waals surface area contributed by atoms with Crippen molar-refractivity contribution in [3.63, 3.8) is 0 Å². The van der Waals surface area contributed by atoms with Gasteiger partial charge in [-0.05, 0) is 55.4 Å². The zero-order valence-corrected chi connectivity index (χ0v) is 21.0. The van der Waals surface area contributed by atoms with E-state index in [1.807, 2.05) is 0 Å². The van der Waals surface area contributed by atoms with E-state index in [-0.39, 0.29) is 25.8 Å². The maximum Gasteiger partial charge on any atom is 0.0769 e. The van der Waals surface area contributed by atoms with E-state index >= 15 is 0 Å². The summed E-state index contributed by atoms with van der Waals surface area (Å²) in [5.74, 6) is 0. The SMILES string of the molecule is C=CC(C)(C)O.C=CC(C)(C)O.C=CC(C)(C)O.C=CC(C)(C)O.[Hf]. The Morgan fingerprint density at radius 3 is 0.480 bits per heavy atom. The molecule has 4 nitrogen and oxygen atoms in total. The summed E-state index contributed by atoms with van der Waals surface area (Å²) < 4.78 is 0. The summed E-state index contributed by atoms with van der Waals surface area (Å²) in [6.45, 7) is 27.0. The second-order valence-electron chi connectivity index (χ2n) is 7.43. The molecule has 0 amide bonds. The van der Waals surface area contributed by atoms with Crippen molar-refractivity contribution in [2.75, 3.05) is 0 Å². The van der Waals surface area contributed by atoms with Crippen LogP contribution in [0.2, 0.25) is 0 Å². The Labute approximate surface area is 174 Å². The summed E-state index contributed by atoms with van der Waals surface area (Å²) in [4.78, 5) is 0. The quantitative estimate of drug-likeness (QED) is 0.335. The van der Waals surface area contributed by atoms with Gasteiger partial charge in [-0.15, -0.1) is 26.3 Å². The molecule has 0 spiro atoms. The zero-order valence-electron chi connectivity index (χ0n) is 17.4. The van der Waals surface area contributed by atoms with Crippen LogP contribution in [-0.4, -0.2) is 42.8 Å². The van der Waals surface area contributed by atoms with Crippen molar-refractivity contribution in [1.29, 1.82) is 0 Å². The minimum atomic E-state index is -0.694. The topological polar surface area (TPSA) is 80.9 Å². The van der Waals surface area contributed by atoms with Crippen LogP contribution < -0.4 is 0 Å². The van der Waals surface area contributed by atoms with Crippen LogP contribution in [0.5, 0.6) is 0 Å².